The van der Waals surface area contributed by atoms with Crippen LogP contribution in [0.2, 0.25) is 0 Å². The Morgan fingerprint density at radius 2 is 0.364 bits per heavy atom. The SMILES string of the molecule is C(=CC1CCC(N(C2CCC(C=CC3CCCCC3)CC2)C2CCC(C3CC4CCCCC4C4C(C5CCC(N(C6CCC(C=CC7CCCCC7)CC6)C6CCC(C=CC7CCCCC7)CC6)CC5)CC5CCCCC5C34)CC2)CC1)C1CCCCC1. The van der Waals surface area contributed by atoms with Gasteiger partial charge in [-0.15, -0.1) is 0 Å². The summed E-state index contributed by atoms with van der Waals surface area (Å²) in [4.78, 5) is 6.76. The van der Waals surface area contributed by atoms with E-state index in [1.165, 1.54) is 231 Å². The zero-order chi connectivity index (χ0) is 58.9. The predicted molar refractivity (Wildman–Crippen MR) is 375 cm³/mol. The van der Waals surface area contributed by atoms with Crippen molar-refractivity contribution in [2.45, 2.75) is 383 Å². The molecule has 0 amide bonds. The molecule has 14 aliphatic carbocycles. The maximum atomic E-state index is 3.38. The summed E-state index contributed by atoms with van der Waals surface area (Å²) in [6, 6.07) is 5.15. The van der Waals surface area contributed by atoms with Crippen LogP contribution in [0.3, 0.4) is 0 Å². The van der Waals surface area contributed by atoms with Crippen LogP contribution in [0.4, 0.5) is 0 Å². The molecule has 0 aliphatic heterocycles. The molecule has 0 aromatic carbocycles. The largest absolute Gasteiger partial charge is 0.294 e. The van der Waals surface area contributed by atoms with Gasteiger partial charge in [-0.2, -0.15) is 0 Å². The molecule has 14 saturated carbocycles. The van der Waals surface area contributed by atoms with Gasteiger partial charge in [-0.1, -0.05) is 164 Å². The Labute approximate surface area is 544 Å². The highest BCUT2D eigenvalue weighted by Gasteiger charge is 2.58. The molecule has 0 bridgehead atoms. The second kappa shape index (κ2) is 32.1. The zero-order valence-corrected chi connectivity index (χ0v) is 57.6. The monoisotopic (exact) mass is 1200 g/mol. The number of hydrogen-bond donors (Lipinski definition) is 0. The maximum absolute atomic E-state index is 3.38. The summed E-state index contributed by atoms with van der Waals surface area (Å²) >= 11 is 0. The Morgan fingerprint density at radius 1 is 0.159 bits per heavy atom. The van der Waals surface area contributed by atoms with Gasteiger partial charge < -0.3 is 0 Å². The minimum Gasteiger partial charge on any atom is -0.294 e. The topological polar surface area (TPSA) is 6.48 Å². The lowest BCUT2D eigenvalue weighted by molar-refractivity contribution is -0.142. The van der Waals surface area contributed by atoms with E-state index >= 15 is 0 Å². The maximum Gasteiger partial charge on any atom is 0.0102 e. The van der Waals surface area contributed by atoms with Crippen LogP contribution >= 0.6 is 0 Å². The number of hydrogen-bond acceptors (Lipinski definition) is 2. The molecule has 14 rings (SSSR count). The van der Waals surface area contributed by atoms with Gasteiger partial charge >= 0.3 is 0 Å². The van der Waals surface area contributed by atoms with E-state index < -0.39 is 0 Å². The van der Waals surface area contributed by atoms with Crippen molar-refractivity contribution in [2.75, 3.05) is 0 Å². The summed E-state index contributed by atoms with van der Waals surface area (Å²) < 4.78 is 0. The molecule has 0 radical (unpaired) electrons. The minimum absolute atomic E-state index is 0.854. The summed E-state index contributed by atoms with van der Waals surface area (Å²) in [6.45, 7) is 0. The third kappa shape index (κ3) is 16.1. The van der Waals surface area contributed by atoms with Crippen LogP contribution in [0, 0.1) is 107 Å². The third-order valence-electron chi connectivity index (χ3n) is 30.9. The molecule has 14 aliphatic rings. The third-order valence-corrected chi connectivity index (χ3v) is 30.9. The molecule has 0 spiro atoms. The van der Waals surface area contributed by atoms with E-state index in [2.05, 4.69) is 58.4 Å². The Hall–Kier alpha value is -1.12. The molecule has 2 heteroatoms. The quantitative estimate of drug-likeness (QED) is 0.142. The van der Waals surface area contributed by atoms with E-state index in [0.29, 0.717) is 0 Å². The normalized spacial score (nSPS) is 43.8. The van der Waals surface area contributed by atoms with Crippen molar-refractivity contribution < 1.29 is 0 Å². The lowest BCUT2D eigenvalue weighted by Gasteiger charge is -2.63. The number of allylic oxidation sites excluding steroid dienone is 8. The van der Waals surface area contributed by atoms with Gasteiger partial charge in [0.1, 0.15) is 0 Å². The average Bonchev–Trinajstić information content (AvgIpc) is 2.31. The molecule has 0 N–H and O–H groups in total. The van der Waals surface area contributed by atoms with Crippen LogP contribution in [0.1, 0.15) is 347 Å². The van der Waals surface area contributed by atoms with Crippen LogP contribution in [0.25, 0.3) is 0 Å². The molecule has 0 aromatic heterocycles. The highest BCUT2D eigenvalue weighted by molar-refractivity contribution is 5.09. The summed E-state index contributed by atoms with van der Waals surface area (Å²) in [5.74, 6) is 17.6. The van der Waals surface area contributed by atoms with Crippen molar-refractivity contribution in [1.29, 1.82) is 0 Å². The van der Waals surface area contributed by atoms with Crippen LogP contribution in [-0.4, -0.2) is 46.1 Å². The molecule has 8 atom stereocenters. The average molecular weight is 1200 g/mol. The Balaban J connectivity index is 0.654. The highest BCUT2D eigenvalue weighted by atomic mass is 15.2. The van der Waals surface area contributed by atoms with Crippen LogP contribution in [-0.2, 0) is 0 Å². The van der Waals surface area contributed by atoms with Gasteiger partial charge in [0.15, 0.2) is 0 Å². The van der Waals surface area contributed by atoms with Gasteiger partial charge in [-0.05, 0) is 338 Å². The van der Waals surface area contributed by atoms with Crippen molar-refractivity contribution in [3.63, 3.8) is 0 Å². The second-order valence-corrected chi connectivity index (χ2v) is 35.8. The fourth-order valence-electron chi connectivity index (χ4n) is 26.3. The minimum atomic E-state index is 0.854. The molecule has 494 valence electrons. The van der Waals surface area contributed by atoms with Gasteiger partial charge in [0, 0.05) is 36.3 Å². The fourth-order valence-corrected chi connectivity index (χ4v) is 26.3. The molecule has 0 saturated heterocycles. The van der Waals surface area contributed by atoms with E-state index in [-0.39, 0.29) is 0 Å². The van der Waals surface area contributed by atoms with Gasteiger partial charge in [0.25, 0.3) is 0 Å². The molecule has 8 unspecified atom stereocenters. The zero-order valence-electron chi connectivity index (χ0n) is 57.6. The second-order valence-electron chi connectivity index (χ2n) is 35.8. The summed E-state index contributed by atoms with van der Waals surface area (Å²) in [6.07, 6.45) is 104. The van der Waals surface area contributed by atoms with Crippen LogP contribution in [0.15, 0.2) is 48.6 Å². The Morgan fingerprint density at radius 3 is 0.614 bits per heavy atom. The number of rotatable bonds is 16. The van der Waals surface area contributed by atoms with Crippen molar-refractivity contribution >= 4 is 0 Å². The van der Waals surface area contributed by atoms with Gasteiger partial charge in [0.2, 0.25) is 0 Å². The van der Waals surface area contributed by atoms with E-state index in [1.807, 2.05) is 0 Å². The van der Waals surface area contributed by atoms with Crippen molar-refractivity contribution in [1.82, 2.24) is 9.80 Å². The summed E-state index contributed by atoms with van der Waals surface area (Å²) in [5.41, 5.74) is 0. The first kappa shape index (κ1) is 64.2. The van der Waals surface area contributed by atoms with E-state index in [4.69, 9.17) is 0 Å². The first-order valence-corrected chi connectivity index (χ1v) is 41.9. The predicted octanol–water partition coefficient (Wildman–Crippen LogP) is 24.4. The Bertz CT molecular complexity index is 1880. The summed E-state index contributed by atoms with van der Waals surface area (Å²) in [7, 11) is 0. The lowest BCUT2D eigenvalue weighted by atomic mass is 9.42. The molecule has 0 aromatic rings. The number of nitrogens with zero attached hydrogens (tertiary/aromatic N) is 2. The van der Waals surface area contributed by atoms with Crippen LogP contribution < -0.4 is 0 Å². The first-order valence-electron chi connectivity index (χ1n) is 41.9. The fraction of sp³-hybridized carbons (Fsp3) is 0.907. The van der Waals surface area contributed by atoms with Gasteiger partial charge in [0.05, 0.1) is 0 Å². The van der Waals surface area contributed by atoms with Crippen molar-refractivity contribution in [3.8, 4) is 0 Å². The molecule has 88 heavy (non-hydrogen) atoms. The van der Waals surface area contributed by atoms with E-state index in [1.54, 1.807) is 116 Å². The molecule has 0 heterocycles. The molecular formula is C86H140N2. The summed E-state index contributed by atoms with van der Waals surface area (Å²) in [5, 5.41) is 0. The molecule has 2 nitrogen and oxygen atoms in total. The van der Waals surface area contributed by atoms with Crippen molar-refractivity contribution in [3.05, 3.63) is 48.6 Å². The molecule has 14 fully saturated rings. The number of fused-ring (bicyclic) bond motifs is 5. The molecular weight excluding hydrogens is 1060 g/mol. The van der Waals surface area contributed by atoms with E-state index in [9.17, 15) is 0 Å². The van der Waals surface area contributed by atoms with Gasteiger partial charge in [-0.25, -0.2) is 0 Å². The van der Waals surface area contributed by atoms with E-state index in [0.717, 1.165) is 143 Å². The Kier molecular flexibility index (Phi) is 23.4. The van der Waals surface area contributed by atoms with Crippen molar-refractivity contribution in [2.24, 2.45) is 107 Å². The van der Waals surface area contributed by atoms with Gasteiger partial charge in [-0.3, -0.25) is 9.80 Å². The first-order chi connectivity index (χ1) is 43.6. The standard InChI is InChI=1S/C86H140N2/c1-5-17-63(18-6-1)29-33-67-37-49-75(50-38-67)87(76-51-39-68(40-52-76)34-30-64-19-7-2-8-20-64)79-57-45-71(46-58-79)83-61-73-25-13-16-28-82(73)86-84(62-74-26-14-15-27-81(74)85(83)86)72-47-59-80(60-48-72)88(77-53-41-69(42-54-77)35-31-65-21-9-3-10-22-65)78-55-43-70(44-56-78)36-32-66-23-11-4-12-24-66/h29-36,63-86H,1-28,37-62H2. The smallest absolute Gasteiger partial charge is 0.0102 e. The van der Waals surface area contributed by atoms with Crippen LogP contribution in [0.5, 0.6) is 0 Å². The lowest BCUT2D eigenvalue weighted by Crippen LogP contribution is -2.57. The highest BCUT2D eigenvalue weighted by Crippen LogP contribution is 2.65.